The Kier molecular flexibility index (Phi) is 9.77. The van der Waals surface area contributed by atoms with Gasteiger partial charge in [0.25, 0.3) is 0 Å². The zero-order valence-electron chi connectivity index (χ0n) is 20.5. The summed E-state index contributed by atoms with van der Waals surface area (Å²) in [6.07, 6.45) is 1.57. The van der Waals surface area contributed by atoms with E-state index >= 15 is 0 Å². The SMILES string of the molecule is C=CCC(C(=O)OC)(C(=O)OC)[C@H]1C=C[C@@H](C(Cc2ccccc2)(C(=O)OCC)C(=O)OCC)O1. The van der Waals surface area contributed by atoms with Crippen LogP contribution in [0.4, 0.5) is 0 Å². The van der Waals surface area contributed by atoms with E-state index in [-0.39, 0.29) is 26.1 Å². The van der Waals surface area contributed by atoms with Crippen molar-refractivity contribution in [2.45, 2.75) is 38.9 Å². The standard InChI is InChI=1S/C26H32O9/c1-6-16-25(21(27)31-4,22(28)32-5)19-14-15-20(35-19)26(23(29)33-7-2,24(30)34-8-3)17-18-12-10-9-11-13-18/h6,9-15,19-20H,1,7-8,16-17H2,2-5H3/t19-,20+/m1/s1. The van der Waals surface area contributed by atoms with E-state index in [1.54, 1.807) is 44.2 Å². The van der Waals surface area contributed by atoms with Gasteiger partial charge in [-0.1, -0.05) is 48.6 Å². The molecule has 0 radical (unpaired) electrons. The van der Waals surface area contributed by atoms with Gasteiger partial charge in [-0.3, -0.25) is 19.2 Å². The predicted octanol–water partition coefficient (Wildman–Crippen LogP) is 2.57. The van der Waals surface area contributed by atoms with E-state index in [1.807, 2.05) is 0 Å². The molecule has 190 valence electrons. The number of ether oxygens (including phenoxy) is 5. The molecule has 1 aliphatic rings. The number of carbonyl (C=O) groups is 4. The van der Waals surface area contributed by atoms with Crippen molar-refractivity contribution >= 4 is 23.9 Å². The first-order valence-corrected chi connectivity index (χ1v) is 11.3. The summed E-state index contributed by atoms with van der Waals surface area (Å²) in [5.74, 6) is -3.49. The van der Waals surface area contributed by atoms with Gasteiger partial charge in [0.1, 0.15) is 12.2 Å². The summed E-state index contributed by atoms with van der Waals surface area (Å²) < 4.78 is 26.6. The molecule has 0 saturated heterocycles. The molecule has 1 heterocycles. The van der Waals surface area contributed by atoms with Crippen LogP contribution in [0.5, 0.6) is 0 Å². The highest BCUT2D eigenvalue weighted by Gasteiger charge is 2.61. The Balaban J connectivity index is 2.63. The summed E-state index contributed by atoms with van der Waals surface area (Å²) in [6, 6.07) is 8.86. The third kappa shape index (κ3) is 5.30. The molecule has 9 heteroatoms. The van der Waals surface area contributed by atoms with E-state index in [9.17, 15) is 19.2 Å². The van der Waals surface area contributed by atoms with Crippen molar-refractivity contribution in [3.63, 3.8) is 0 Å². The number of hydrogen-bond acceptors (Lipinski definition) is 9. The normalized spacial score (nSPS) is 17.4. The highest BCUT2D eigenvalue weighted by atomic mass is 16.6. The molecule has 0 N–H and O–H groups in total. The maximum Gasteiger partial charge on any atom is 0.326 e. The smallest absolute Gasteiger partial charge is 0.326 e. The number of carbonyl (C=O) groups excluding carboxylic acids is 4. The molecule has 2 atom stereocenters. The fourth-order valence-electron chi connectivity index (χ4n) is 4.20. The van der Waals surface area contributed by atoms with Gasteiger partial charge in [0, 0.05) is 6.42 Å². The van der Waals surface area contributed by atoms with Crippen molar-refractivity contribution in [1.82, 2.24) is 0 Å². The van der Waals surface area contributed by atoms with Crippen LogP contribution < -0.4 is 0 Å². The predicted molar refractivity (Wildman–Crippen MR) is 125 cm³/mol. The van der Waals surface area contributed by atoms with Crippen LogP contribution in [-0.2, 0) is 49.3 Å². The monoisotopic (exact) mass is 488 g/mol. The lowest BCUT2D eigenvalue weighted by Crippen LogP contribution is -2.55. The Morgan fingerprint density at radius 3 is 1.77 bits per heavy atom. The molecule has 0 unspecified atom stereocenters. The second kappa shape index (κ2) is 12.3. The number of esters is 4. The summed E-state index contributed by atoms with van der Waals surface area (Å²) >= 11 is 0. The van der Waals surface area contributed by atoms with Crippen LogP contribution in [0.3, 0.4) is 0 Å². The first kappa shape index (κ1) is 27.8. The summed E-state index contributed by atoms with van der Waals surface area (Å²) in [7, 11) is 2.27. The lowest BCUT2D eigenvalue weighted by atomic mass is 9.76. The van der Waals surface area contributed by atoms with E-state index in [0.29, 0.717) is 5.56 Å². The summed E-state index contributed by atoms with van der Waals surface area (Å²) in [6.45, 7) is 6.90. The molecule has 35 heavy (non-hydrogen) atoms. The van der Waals surface area contributed by atoms with E-state index in [1.165, 1.54) is 18.2 Å². The molecule has 0 fully saturated rings. The topological polar surface area (TPSA) is 114 Å². The molecular weight excluding hydrogens is 456 g/mol. The van der Waals surface area contributed by atoms with E-state index in [2.05, 4.69) is 6.58 Å². The van der Waals surface area contributed by atoms with Crippen molar-refractivity contribution < 1.29 is 42.9 Å². The second-order valence-corrected chi connectivity index (χ2v) is 7.88. The highest BCUT2D eigenvalue weighted by Crippen LogP contribution is 2.43. The Hall–Kier alpha value is -3.46. The van der Waals surface area contributed by atoms with Gasteiger partial charge in [0.05, 0.1) is 27.4 Å². The van der Waals surface area contributed by atoms with Crippen LogP contribution in [0.1, 0.15) is 25.8 Å². The molecule has 1 aromatic carbocycles. The molecule has 2 rings (SSSR count). The van der Waals surface area contributed by atoms with Gasteiger partial charge in [-0.2, -0.15) is 0 Å². The van der Waals surface area contributed by atoms with Gasteiger partial charge < -0.3 is 23.7 Å². The minimum absolute atomic E-state index is 0.0133. The summed E-state index contributed by atoms with van der Waals surface area (Å²) in [5.41, 5.74) is -3.21. The molecule has 0 aromatic heterocycles. The maximum atomic E-state index is 13.4. The number of benzene rings is 1. The van der Waals surface area contributed by atoms with Crippen LogP contribution in [0, 0.1) is 10.8 Å². The van der Waals surface area contributed by atoms with Crippen molar-refractivity contribution in [3.8, 4) is 0 Å². The van der Waals surface area contributed by atoms with Crippen LogP contribution in [0.15, 0.2) is 55.1 Å². The zero-order chi connectivity index (χ0) is 26.1. The molecular formula is C26H32O9. The third-order valence-electron chi connectivity index (χ3n) is 5.90. The zero-order valence-corrected chi connectivity index (χ0v) is 20.5. The third-order valence-corrected chi connectivity index (χ3v) is 5.90. The lowest BCUT2D eigenvalue weighted by molar-refractivity contribution is -0.190. The van der Waals surface area contributed by atoms with Crippen LogP contribution in [0.2, 0.25) is 0 Å². The number of allylic oxidation sites excluding steroid dienone is 1. The van der Waals surface area contributed by atoms with Crippen molar-refractivity contribution in [2.75, 3.05) is 27.4 Å². The Bertz CT molecular complexity index is 917. The van der Waals surface area contributed by atoms with Crippen molar-refractivity contribution in [1.29, 1.82) is 0 Å². The molecule has 0 spiro atoms. The van der Waals surface area contributed by atoms with E-state index in [4.69, 9.17) is 23.7 Å². The highest BCUT2D eigenvalue weighted by molar-refractivity contribution is 6.03. The Morgan fingerprint density at radius 1 is 0.857 bits per heavy atom. The minimum atomic E-state index is -1.94. The van der Waals surface area contributed by atoms with Crippen molar-refractivity contribution in [3.05, 3.63) is 60.7 Å². The van der Waals surface area contributed by atoms with Gasteiger partial charge >= 0.3 is 23.9 Å². The van der Waals surface area contributed by atoms with Gasteiger partial charge in [0.2, 0.25) is 0 Å². The lowest BCUT2D eigenvalue weighted by Gasteiger charge is -2.36. The number of methoxy groups -OCH3 is 2. The molecule has 1 aliphatic heterocycles. The number of hydrogen-bond donors (Lipinski definition) is 0. The molecule has 1 aromatic rings. The van der Waals surface area contributed by atoms with Gasteiger partial charge in [-0.15, -0.1) is 6.58 Å². The van der Waals surface area contributed by atoms with Crippen LogP contribution >= 0.6 is 0 Å². The molecule has 9 nitrogen and oxygen atoms in total. The largest absolute Gasteiger partial charge is 0.468 e. The average Bonchev–Trinajstić information content (AvgIpc) is 3.36. The fraction of sp³-hybridized carbons (Fsp3) is 0.462. The minimum Gasteiger partial charge on any atom is -0.468 e. The van der Waals surface area contributed by atoms with Gasteiger partial charge in [0.15, 0.2) is 10.8 Å². The quantitative estimate of drug-likeness (QED) is 0.189. The van der Waals surface area contributed by atoms with Gasteiger partial charge in [-0.25, -0.2) is 0 Å². The first-order valence-electron chi connectivity index (χ1n) is 11.3. The second-order valence-electron chi connectivity index (χ2n) is 7.88. The molecule has 0 amide bonds. The molecule has 0 bridgehead atoms. The van der Waals surface area contributed by atoms with E-state index < -0.39 is 46.9 Å². The molecule has 0 saturated carbocycles. The van der Waals surface area contributed by atoms with Crippen LogP contribution in [0.25, 0.3) is 0 Å². The van der Waals surface area contributed by atoms with E-state index in [0.717, 1.165) is 14.2 Å². The Morgan fingerprint density at radius 2 is 1.34 bits per heavy atom. The number of rotatable bonds is 12. The van der Waals surface area contributed by atoms with Gasteiger partial charge in [-0.05, 0) is 25.8 Å². The van der Waals surface area contributed by atoms with Crippen LogP contribution in [-0.4, -0.2) is 63.5 Å². The fourth-order valence-corrected chi connectivity index (χ4v) is 4.20. The van der Waals surface area contributed by atoms with Crippen molar-refractivity contribution in [2.24, 2.45) is 10.8 Å². The molecule has 0 aliphatic carbocycles. The Labute approximate surface area is 205 Å². The average molecular weight is 489 g/mol. The first-order chi connectivity index (χ1) is 16.8. The summed E-state index contributed by atoms with van der Waals surface area (Å²) in [4.78, 5) is 52.5. The summed E-state index contributed by atoms with van der Waals surface area (Å²) in [5, 5.41) is 0. The maximum absolute atomic E-state index is 13.4.